The maximum atomic E-state index is 14.1. The fourth-order valence-corrected chi connectivity index (χ4v) is 5.43. The molecular weight excluding hydrogens is 441 g/mol. The molecule has 35 heavy (non-hydrogen) atoms. The lowest BCUT2D eigenvalue weighted by Gasteiger charge is -2.38. The molecule has 0 aromatic heterocycles. The lowest BCUT2D eigenvalue weighted by Crippen LogP contribution is -2.48. The number of likely N-dealkylation sites (tertiary alicyclic amines) is 1. The number of piperazine rings is 1. The molecular formula is C29H32FN3O2. The molecule has 0 saturated carbocycles. The van der Waals surface area contributed by atoms with Crippen LogP contribution in [0.2, 0.25) is 0 Å². The number of ether oxygens (including phenoxy) is 1. The molecule has 6 heteroatoms. The molecule has 0 bridgehead atoms. The van der Waals surface area contributed by atoms with Crippen LogP contribution in [-0.4, -0.2) is 68.6 Å². The first-order chi connectivity index (χ1) is 17.1. The van der Waals surface area contributed by atoms with Gasteiger partial charge in [-0.1, -0.05) is 36.4 Å². The second-order valence-electron chi connectivity index (χ2n) is 9.49. The zero-order chi connectivity index (χ0) is 24.2. The topological polar surface area (TPSA) is 36.0 Å². The van der Waals surface area contributed by atoms with Gasteiger partial charge in [0.05, 0.1) is 7.11 Å². The molecule has 0 unspecified atom stereocenters. The number of nitrogens with zero attached hydrogens (tertiary/aromatic N) is 3. The highest BCUT2D eigenvalue weighted by atomic mass is 19.1. The van der Waals surface area contributed by atoms with Crippen LogP contribution in [0, 0.1) is 11.7 Å². The van der Waals surface area contributed by atoms with Gasteiger partial charge in [0.25, 0.3) is 5.91 Å². The summed E-state index contributed by atoms with van der Waals surface area (Å²) < 4.78 is 19.5. The molecule has 0 radical (unpaired) electrons. The molecule has 2 aliphatic rings. The predicted molar refractivity (Wildman–Crippen MR) is 137 cm³/mol. The van der Waals surface area contributed by atoms with E-state index >= 15 is 0 Å². The Balaban J connectivity index is 1.28. The highest BCUT2D eigenvalue weighted by Crippen LogP contribution is 2.35. The Morgan fingerprint density at radius 2 is 1.69 bits per heavy atom. The summed E-state index contributed by atoms with van der Waals surface area (Å²) in [5, 5.41) is 0. The Morgan fingerprint density at radius 1 is 0.914 bits per heavy atom. The zero-order valence-corrected chi connectivity index (χ0v) is 20.1. The van der Waals surface area contributed by atoms with Gasteiger partial charge in [-0.05, 0) is 47.9 Å². The van der Waals surface area contributed by atoms with Crippen LogP contribution in [0.25, 0.3) is 0 Å². The maximum absolute atomic E-state index is 14.1. The van der Waals surface area contributed by atoms with E-state index in [1.54, 1.807) is 19.2 Å². The van der Waals surface area contributed by atoms with Crippen LogP contribution >= 0.6 is 0 Å². The normalized spacial score (nSPS) is 20.7. The number of amides is 1. The smallest absolute Gasteiger partial charge is 0.253 e. The second kappa shape index (κ2) is 10.5. The minimum Gasteiger partial charge on any atom is -0.497 e. The van der Waals surface area contributed by atoms with Crippen molar-refractivity contribution in [2.45, 2.75) is 5.92 Å². The third kappa shape index (κ3) is 5.33. The Morgan fingerprint density at radius 3 is 2.43 bits per heavy atom. The number of carbonyl (C=O) groups excluding carboxylic acids is 1. The quantitative estimate of drug-likeness (QED) is 0.528. The molecule has 3 aromatic rings. The van der Waals surface area contributed by atoms with Crippen molar-refractivity contribution in [3.05, 3.63) is 95.8 Å². The molecule has 2 atom stereocenters. The summed E-state index contributed by atoms with van der Waals surface area (Å²) in [7, 11) is 1.69. The number of methoxy groups -OCH3 is 1. The van der Waals surface area contributed by atoms with E-state index in [2.05, 4.69) is 21.9 Å². The SMILES string of the molecule is COc1cccc(N2CCN(C[C@H]3CN(C(=O)c4ccccc4)C[C@H]3c3cccc(F)c3)CC2)c1. The van der Waals surface area contributed by atoms with Crippen molar-refractivity contribution >= 4 is 11.6 Å². The fraction of sp³-hybridized carbons (Fsp3) is 0.345. The summed E-state index contributed by atoms with van der Waals surface area (Å²) in [5.74, 6) is 1.08. The number of anilines is 1. The number of carbonyl (C=O) groups is 1. The lowest BCUT2D eigenvalue weighted by atomic mass is 9.88. The van der Waals surface area contributed by atoms with Crippen molar-refractivity contribution in [3.63, 3.8) is 0 Å². The van der Waals surface area contributed by atoms with E-state index in [4.69, 9.17) is 4.74 Å². The van der Waals surface area contributed by atoms with Crippen molar-refractivity contribution in [3.8, 4) is 5.75 Å². The van der Waals surface area contributed by atoms with E-state index in [1.165, 1.54) is 11.8 Å². The molecule has 0 aliphatic carbocycles. The Hall–Kier alpha value is -3.38. The van der Waals surface area contributed by atoms with E-state index in [9.17, 15) is 9.18 Å². The van der Waals surface area contributed by atoms with Gasteiger partial charge in [0, 0.05) is 69.0 Å². The van der Waals surface area contributed by atoms with Crippen molar-refractivity contribution in [1.82, 2.24) is 9.80 Å². The maximum Gasteiger partial charge on any atom is 0.253 e. The third-order valence-corrected chi connectivity index (χ3v) is 7.31. The minimum atomic E-state index is -0.221. The first kappa shape index (κ1) is 23.4. The zero-order valence-electron chi connectivity index (χ0n) is 20.1. The van der Waals surface area contributed by atoms with Gasteiger partial charge >= 0.3 is 0 Å². The standard InChI is InChI=1S/C29H32FN3O2/c1-35-27-12-6-11-26(18-27)32-15-13-31(14-16-32)19-24-20-33(29(34)22-7-3-2-4-8-22)21-28(24)23-9-5-10-25(30)17-23/h2-12,17-18,24,28H,13-16,19-21H2,1H3/t24-,28-/m0/s1. The summed E-state index contributed by atoms with van der Waals surface area (Å²) >= 11 is 0. The van der Waals surface area contributed by atoms with E-state index in [1.807, 2.05) is 53.4 Å². The minimum absolute atomic E-state index is 0.0531. The molecule has 2 heterocycles. The molecule has 2 fully saturated rings. The first-order valence-corrected chi connectivity index (χ1v) is 12.3. The Bertz CT molecular complexity index is 1150. The molecule has 3 aromatic carbocycles. The molecule has 2 aliphatic heterocycles. The Kier molecular flexibility index (Phi) is 7.00. The van der Waals surface area contributed by atoms with E-state index < -0.39 is 0 Å². The molecule has 5 nitrogen and oxygen atoms in total. The lowest BCUT2D eigenvalue weighted by molar-refractivity contribution is 0.0782. The summed E-state index contributed by atoms with van der Waals surface area (Å²) in [4.78, 5) is 20.0. The van der Waals surface area contributed by atoms with Crippen molar-refractivity contribution in [2.24, 2.45) is 5.92 Å². The second-order valence-corrected chi connectivity index (χ2v) is 9.49. The Labute approximate surface area is 206 Å². The number of hydrogen-bond donors (Lipinski definition) is 0. The van der Waals surface area contributed by atoms with E-state index in [0.717, 1.165) is 44.0 Å². The van der Waals surface area contributed by atoms with Crippen molar-refractivity contribution in [2.75, 3.05) is 57.8 Å². The van der Waals surface area contributed by atoms with Gasteiger partial charge in [0.2, 0.25) is 0 Å². The van der Waals surface area contributed by atoms with Crippen LogP contribution in [0.4, 0.5) is 10.1 Å². The number of rotatable bonds is 6. The van der Waals surface area contributed by atoms with Crippen molar-refractivity contribution < 1.29 is 13.9 Å². The van der Waals surface area contributed by atoms with Crippen LogP contribution < -0.4 is 9.64 Å². The molecule has 5 rings (SSSR count). The van der Waals surface area contributed by atoms with Crippen molar-refractivity contribution in [1.29, 1.82) is 0 Å². The summed E-state index contributed by atoms with van der Waals surface area (Å²) in [6.45, 7) is 5.99. The largest absolute Gasteiger partial charge is 0.497 e. The van der Waals surface area contributed by atoms with Gasteiger partial charge < -0.3 is 14.5 Å². The monoisotopic (exact) mass is 473 g/mol. The van der Waals surface area contributed by atoms with Gasteiger partial charge in [0.15, 0.2) is 0 Å². The van der Waals surface area contributed by atoms with Gasteiger partial charge in [-0.15, -0.1) is 0 Å². The van der Waals surface area contributed by atoms with Crippen LogP contribution in [0.5, 0.6) is 5.75 Å². The number of halogens is 1. The molecule has 182 valence electrons. The third-order valence-electron chi connectivity index (χ3n) is 7.31. The van der Waals surface area contributed by atoms with Gasteiger partial charge in [0.1, 0.15) is 11.6 Å². The first-order valence-electron chi connectivity index (χ1n) is 12.3. The molecule has 2 saturated heterocycles. The van der Waals surface area contributed by atoms with Crippen LogP contribution in [0.3, 0.4) is 0 Å². The number of benzene rings is 3. The molecule has 0 N–H and O–H groups in total. The summed E-state index contributed by atoms with van der Waals surface area (Å²) in [5.41, 5.74) is 2.87. The highest BCUT2D eigenvalue weighted by Gasteiger charge is 2.38. The van der Waals surface area contributed by atoms with Gasteiger partial charge in [-0.25, -0.2) is 4.39 Å². The predicted octanol–water partition coefficient (Wildman–Crippen LogP) is 4.51. The van der Waals surface area contributed by atoms with Crippen LogP contribution in [-0.2, 0) is 0 Å². The number of hydrogen-bond acceptors (Lipinski definition) is 4. The van der Waals surface area contributed by atoms with Gasteiger partial charge in [-0.2, -0.15) is 0 Å². The average molecular weight is 474 g/mol. The van der Waals surface area contributed by atoms with E-state index in [0.29, 0.717) is 18.7 Å². The van der Waals surface area contributed by atoms with Crippen LogP contribution in [0.15, 0.2) is 78.9 Å². The van der Waals surface area contributed by atoms with E-state index in [-0.39, 0.29) is 23.6 Å². The van der Waals surface area contributed by atoms with Gasteiger partial charge in [-0.3, -0.25) is 9.69 Å². The summed E-state index contributed by atoms with van der Waals surface area (Å²) in [6, 6.07) is 24.5. The fourth-order valence-electron chi connectivity index (χ4n) is 5.43. The van der Waals surface area contributed by atoms with Crippen LogP contribution in [0.1, 0.15) is 21.8 Å². The average Bonchev–Trinajstić information content (AvgIpc) is 3.33. The molecule has 1 amide bonds. The summed E-state index contributed by atoms with van der Waals surface area (Å²) in [6.07, 6.45) is 0. The highest BCUT2D eigenvalue weighted by molar-refractivity contribution is 5.94. The molecule has 0 spiro atoms.